The van der Waals surface area contributed by atoms with E-state index in [0.717, 1.165) is 21.4 Å². The van der Waals surface area contributed by atoms with Gasteiger partial charge in [0.25, 0.3) is 0 Å². The molecular formula is C16H13NO2S. The third-order valence-corrected chi connectivity index (χ3v) is 4.32. The van der Waals surface area contributed by atoms with Crippen molar-refractivity contribution in [3.8, 4) is 11.5 Å². The van der Waals surface area contributed by atoms with Gasteiger partial charge in [-0.3, -0.25) is 5.41 Å². The maximum Gasteiger partial charge on any atom is 0.143 e. The number of benzene rings is 2. The van der Waals surface area contributed by atoms with Crippen molar-refractivity contribution in [1.82, 2.24) is 0 Å². The van der Waals surface area contributed by atoms with Crippen LogP contribution < -0.4 is 4.74 Å². The molecule has 0 radical (unpaired) electrons. The van der Waals surface area contributed by atoms with Crippen molar-refractivity contribution in [2.75, 3.05) is 7.11 Å². The molecule has 3 aromatic rings. The van der Waals surface area contributed by atoms with Gasteiger partial charge in [0.05, 0.1) is 17.7 Å². The fraction of sp³-hybridized carbons (Fsp3) is 0.0625. The summed E-state index contributed by atoms with van der Waals surface area (Å²) in [4.78, 5) is 0.583. The van der Waals surface area contributed by atoms with Crippen LogP contribution in [-0.4, -0.2) is 17.9 Å². The maximum absolute atomic E-state index is 10.3. The summed E-state index contributed by atoms with van der Waals surface area (Å²) in [7, 11) is 1.61. The molecule has 3 nitrogen and oxygen atoms in total. The minimum Gasteiger partial charge on any atom is -0.506 e. The summed E-state index contributed by atoms with van der Waals surface area (Å²) < 4.78 is 6.10. The first-order valence-corrected chi connectivity index (χ1v) is 6.96. The van der Waals surface area contributed by atoms with E-state index in [1.54, 1.807) is 7.11 Å². The van der Waals surface area contributed by atoms with Gasteiger partial charge in [-0.15, -0.1) is 11.3 Å². The Kier molecular flexibility index (Phi) is 3.16. The smallest absolute Gasteiger partial charge is 0.143 e. The maximum atomic E-state index is 10.3. The Labute approximate surface area is 120 Å². The Morgan fingerprint density at radius 2 is 1.90 bits per heavy atom. The predicted octanol–water partition coefficient (Wildman–Crippen LogP) is 4.03. The summed E-state index contributed by atoms with van der Waals surface area (Å²) in [6, 6.07) is 14.9. The van der Waals surface area contributed by atoms with Gasteiger partial charge in [0, 0.05) is 15.6 Å². The largest absolute Gasteiger partial charge is 0.506 e. The number of ether oxygens (including phenoxy) is 1. The van der Waals surface area contributed by atoms with Gasteiger partial charge in [0.2, 0.25) is 0 Å². The zero-order valence-electron chi connectivity index (χ0n) is 10.9. The van der Waals surface area contributed by atoms with Crippen LogP contribution in [0.2, 0.25) is 0 Å². The van der Waals surface area contributed by atoms with Gasteiger partial charge in [-0.05, 0) is 18.2 Å². The molecule has 0 saturated heterocycles. The van der Waals surface area contributed by atoms with Crippen LogP contribution in [0.4, 0.5) is 0 Å². The molecule has 0 bridgehead atoms. The highest BCUT2D eigenvalue weighted by atomic mass is 32.1. The van der Waals surface area contributed by atoms with E-state index in [9.17, 15) is 5.11 Å². The molecule has 4 heteroatoms. The lowest BCUT2D eigenvalue weighted by atomic mass is 10.1. The van der Waals surface area contributed by atoms with Crippen LogP contribution >= 0.6 is 11.3 Å². The Morgan fingerprint density at radius 3 is 2.60 bits per heavy atom. The van der Waals surface area contributed by atoms with Crippen LogP contribution in [-0.2, 0) is 0 Å². The molecule has 100 valence electrons. The first kappa shape index (κ1) is 12.7. The van der Waals surface area contributed by atoms with Crippen molar-refractivity contribution in [3.05, 3.63) is 59.0 Å². The van der Waals surface area contributed by atoms with Gasteiger partial charge < -0.3 is 9.84 Å². The summed E-state index contributed by atoms with van der Waals surface area (Å²) in [6.45, 7) is 0. The molecule has 0 spiro atoms. The summed E-state index contributed by atoms with van der Waals surface area (Å²) in [5.74, 6) is 0.915. The normalized spacial score (nSPS) is 10.7. The topological polar surface area (TPSA) is 53.3 Å². The van der Waals surface area contributed by atoms with Crippen molar-refractivity contribution in [1.29, 1.82) is 5.41 Å². The monoisotopic (exact) mass is 283 g/mol. The van der Waals surface area contributed by atoms with Crippen molar-refractivity contribution < 1.29 is 9.84 Å². The standard InChI is InChI=1S/C16H13NO2S/c1-19-11-7-8-12-13(9-11)20-16(15(12)18)14(17)10-5-3-2-4-6-10/h2-9,17-18H,1H3. The van der Waals surface area contributed by atoms with Gasteiger partial charge in [-0.1, -0.05) is 30.3 Å². The summed E-state index contributed by atoms with van der Waals surface area (Å²) in [6.07, 6.45) is 0. The second-order valence-corrected chi connectivity index (χ2v) is 5.44. The summed E-state index contributed by atoms with van der Waals surface area (Å²) >= 11 is 1.40. The molecule has 20 heavy (non-hydrogen) atoms. The third-order valence-electron chi connectivity index (χ3n) is 3.16. The Morgan fingerprint density at radius 1 is 1.15 bits per heavy atom. The summed E-state index contributed by atoms with van der Waals surface area (Å²) in [5.41, 5.74) is 1.13. The fourth-order valence-corrected chi connectivity index (χ4v) is 3.19. The molecule has 2 N–H and O–H groups in total. The van der Waals surface area contributed by atoms with Crippen LogP contribution in [0.3, 0.4) is 0 Å². The molecular weight excluding hydrogens is 270 g/mol. The van der Waals surface area contributed by atoms with E-state index in [0.29, 0.717) is 10.6 Å². The van der Waals surface area contributed by atoms with Crippen molar-refractivity contribution in [2.24, 2.45) is 0 Å². The van der Waals surface area contributed by atoms with Crippen LogP contribution in [0, 0.1) is 5.41 Å². The van der Waals surface area contributed by atoms with Gasteiger partial charge in [0.1, 0.15) is 11.5 Å². The Hall–Kier alpha value is -2.33. The highest BCUT2D eigenvalue weighted by molar-refractivity contribution is 7.21. The molecule has 0 aliphatic carbocycles. The summed E-state index contributed by atoms with van der Waals surface area (Å²) in [5, 5.41) is 19.3. The molecule has 1 heterocycles. The molecule has 1 aromatic heterocycles. The highest BCUT2D eigenvalue weighted by Gasteiger charge is 2.16. The van der Waals surface area contributed by atoms with Crippen molar-refractivity contribution in [2.45, 2.75) is 0 Å². The van der Waals surface area contributed by atoms with E-state index in [1.165, 1.54) is 11.3 Å². The lowest BCUT2D eigenvalue weighted by Crippen LogP contribution is -1.97. The van der Waals surface area contributed by atoms with Crippen LogP contribution in [0.1, 0.15) is 10.4 Å². The van der Waals surface area contributed by atoms with Crippen LogP contribution in [0.5, 0.6) is 11.5 Å². The molecule has 0 saturated carbocycles. The van der Waals surface area contributed by atoms with Gasteiger partial charge >= 0.3 is 0 Å². The zero-order chi connectivity index (χ0) is 14.1. The minimum atomic E-state index is 0.168. The number of hydrogen-bond donors (Lipinski definition) is 2. The number of rotatable bonds is 3. The Balaban J connectivity index is 2.12. The van der Waals surface area contributed by atoms with Gasteiger partial charge in [-0.2, -0.15) is 0 Å². The number of aromatic hydroxyl groups is 1. The van der Waals surface area contributed by atoms with Crippen LogP contribution in [0.15, 0.2) is 48.5 Å². The molecule has 0 fully saturated rings. The number of methoxy groups -OCH3 is 1. The molecule has 0 aliphatic heterocycles. The fourth-order valence-electron chi connectivity index (χ4n) is 2.10. The average Bonchev–Trinajstić information content (AvgIpc) is 2.84. The van der Waals surface area contributed by atoms with E-state index in [-0.39, 0.29) is 5.75 Å². The first-order valence-electron chi connectivity index (χ1n) is 6.14. The van der Waals surface area contributed by atoms with E-state index in [1.807, 2.05) is 48.5 Å². The highest BCUT2D eigenvalue weighted by Crippen LogP contribution is 2.39. The average molecular weight is 283 g/mol. The zero-order valence-corrected chi connectivity index (χ0v) is 11.7. The third kappa shape index (κ3) is 2.04. The van der Waals surface area contributed by atoms with Gasteiger partial charge in [-0.25, -0.2) is 0 Å². The van der Waals surface area contributed by atoms with E-state index in [4.69, 9.17) is 10.1 Å². The molecule has 0 atom stereocenters. The lowest BCUT2D eigenvalue weighted by molar-refractivity contribution is 0.415. The van der Waals surface area contributed by atoms with E-state index >= 15 is 0 Å². The quantitative estimate of drug-likeness (QED) is 0.713. The van der Waals surface area contributed by atoms with Crippen molar-refractivity contribution in [3.63, 3.8) is 0 Å². The van der Waals surface area contributed by atoms with E-state index in [2.05, 4.69) is 0 Å². The second-order valence-electron chi connectivity index (χ2n) is 4.38. The molecule has 0 unspecified atom stereocenters. The molecule has 0 amide bonds. The van der Waals surface area contributed by atoms with Gasteiger partial charge in [0.15, 0.2) is 0 Å². The molecule has 3 rings (SSSR count). The number of thiophene rings is 1. The predicted molar refractivity (Wildman–Crippen MR) is 82.4 cm³/mol. The minimum absolute atomic E-state index is 0.168. The van der Waals surface area contributed by atoms with Crippen molar-refractivity contribution >= 4 is 27.1 Å². The Bertz CT molecular complexity index is 778. The SMILES string of the molecule is COc1ccc2c(O)c(C(=N)c3ccccc3)sc2c1. The number of fused-ring (bicyclic) bond motifs is 1. The number of hydrogen-bond acceptors (Lipinski definition) is 4. The molecule has 2 aromatic carbocycles. The molecule has 0 aliphatic rings. The second kappa shape index (κ2) is 4.98. The van der Waals surface area contributed by atoms with E-state index < -0.39 is 0 Å². The van der Waals surface area contributed by atoms with Crippen LogP contribution in [0.25, 0.3) is 10.1 Å². The first-order chi connectivity index (χ1) is 9.70. The number of nitrogens with one attached hydrogen (secondary N) is 1. The lowest BCUT2D eigenvalue weighted by Gasteiger charge is -2.01.